The monoisotopic (exact) mass is 297 g/mol. The highest BCUT2D eigenvalue weighted by atomic mass is 19.3. The van der Waals surface area contributed by atoms with E-state index < -0.39 is 12.5 Å². The predicted molar refractivity (Wildman–Crippen MR) is 80.6 cm³/mol. The molecule has 1 N–H and O–H groups in total. The van der Waals surface area contributed by atoms with Crippen molar-refractivity contribution in [2.45, 2.75) is 57.1 Å². The van der Waals surface area contributed by atoms with Crippen molar-refractivity contribution >= 4 is 0 Å². The molecule has 4 heteroatoms. The van der Waals surface area contributed by atoms with Crippen molar-refractivity contribution in [1.29, 1.82) is 0 Å². The zero-order valence-corrected chi connectivity index (χ0v) is 12.7. The standard InChI is InChI=1S/C17H25F2NO/c1-2-12-20-15-8-10-16(11-9-15)21-13-17(18,19)14-6-4-3-5-7-14/h3-7,15-16,20H,2,8-13H2,1H3. The van der Waals surface area contributed by atoms with Gasteiger partial charge in [0.25, 0.3) is 5.92 Å². The Labute approximate surface area is 125 Å². The van der Waals surface area contributed by atoms with E-state index in [1.165, 1.54) is 12.1 Å². The minimum Gasteiger partial charge on any atom is -0.372 e. The molecular formula is C17H25F2NO. The molecule has 0 aliphatic heterocycles. The van der Waals surface area contributed by atoms with Gasteiger partial charge in [-0.1, -0.05) is 37.3 Å². The van der Waals surface area contributed by atoms with E-state index in [4.69, 9.17) is 4.74 Å². The maximum atomic E-state index is 14.0. The Bertz CT molecular complexity index is 403. The summed E-state index contributed by atoms with van der Waals surface area (Å²) in [5, 5.41) is 3.49. The fourth-order valence-corrected chi connectivity index (χ4v) is 2.77. The van der Waals surface area contributed by atoms with Gasteiger partial charge in [0.2, 0.25) is 0 Å². The van der Waals surface area contributed by atoms with E-state index in [1.807, 2.05) is 0 Å². The first-order chi connectivity index (χ1) is 10.1. The van der Waals surface area contributed by atoms with Crippen LogP contribution in [0.1, 0.15) is 44.6 Å². The van der Waals surface area contributed by atoms with Crippen molar-refractivity contribution in [3.05, 3.63) is 35.9 Å². The first-order valence-corrected chi connectivity index (χ1v) is 7.90. The molecule has 1 saturated carbocycles. The molecule has 1 aromatic carbocycles. The molecule has 1 aromatic rings. The van der Waals surface area contributed by atoms with Gasteiger partial charge in [-0.2, -0.15) is 8.78 Å². The van der Waals surface area contributed by atoms with Crippen molar-refractivity contribution in [2.75, 3.05) is 13.2 Å². The van der Waals surface area contributed by atoms with Crippen LogP contribution in [-0.4, -0.2) is 25.3 Å². The Morgan fingerprint density at radius 3 is 2.43 bits per heavy atom. The number of hydrogen-bond acceptors (Lipinski definition) is 2. The van der Waals surface area contributed by atoms with E-state index in [-0.39, 0.29) is 11.7 Å². The molecule has 118 valence electrons. The quantitative estimate of drug-likeness (QED) is 0.818. The van der Waals surface area contributed by atoms with Crippen LogP contribution in [0.2, 0.25) is 0 Å². The minimum atomic E-state index is -2.90. The van der Waals surface area contributed by atoms with Crippen LogP contribution >= 0.6 is 0 Å². The van der Waals surface area contributed by atoms with E-state index in [0.29, 0.717) is 6.04 Å². The maximum Gasteiger partial charge on any atom is 0.296 e. The highest BCUT2D eigenvalue weighted by Crippen LogP contribution is 2.30. The van der Waals surface area contributed by atoms with Gasteiger partial charge in [0.15, 0.2) is 0 Å². The number of halogens is 2. The summed E-state index contributed by atoms with van der Waals surface area (Å²) >= 11 is 0. The lowest BCUT2D eigenvalue weighted by Crippen LogP contribution is -2.36. The molecule has 0 bridgehead atoms. The molecule has 1 aliphatic carbocycles. The summed E-state index contributed by atoms with van der Waals surface area (Å²) in [6.07, 6.45) is 4.86. The molecule has 2 rings (SSSR count). The largest absolute Gasteiger partial charge is 0.372 e. The maximum absolute atomic E-state index is 14.0. The van der Waals surface area contributed by atoms with Gasteiger partial charge in [-0.3, -0.25) is 0 Å². The van der Waals surface area contributed by atoms with Crippen molar-refractivity contribution < 1.29 is 13.5 Å². The van der Waals surface area contributed by atoms with E-state index >= 15 is 0 Å². The second-order valence-corrected chi connectivity index (χ2v) is 5.81. The van der Waals surface area contributed by atoms with Crippen LogP contribution < -0.4 is 5.32 Å². The van der Waals surface area contributed by atoms with Crippen molar-refractivity contribution in [3.8, 4) is 0 Å². The van der Waals surface area contributed by atoms with Gasteiger partial charge in [0.05, 0.1) is 6.10 Å². The second-order valence-electron chi connectivity index (χ2n) is 5.81. The molecule has 0 unspecified atom stereocenters. The van der Waals surface area contributed by atoms with Gasteiger partial charge in [-0.25, -0.2) is 0 Å². The molecule has 2 nitrogen and oxygen atoms in total. The number of nitrogens with one attached hydrogen (secondary N) is 1. The number of alkyl halides is 2. The number of hydrogen-bond donors (Lipinski definition) is 1. The molecule has 21 heavy (non-hydrogen) atoms. The number of benzene rings is 1. The Morgan fingerprint density at radius 2 is 1.81 bits per heavy atom. The molecule has 0 atom stereocenters. The molecular weight excluding hydrogens is 272 g/mol. The third-order valence-electron chi connectivity index (χ3n) is 4.05. The zero-order chi connectivity index (χ0) is 15.1. The molecule has 0 aromatic heterocycles. The Balaban J connectivity index is 1.74. The third-order valence-corrected chi connectivity index (χ3v) is 4.05. The smallest absolute Gasteiger partial charge is 0.296 e. The second kappa shape index (κ2) is 7.85. The summed E-state index contributed by atoms with van der Waals surface area (Å²) in [6, 6.07) is 8.44. The fourth-order valence-electron chi connectivity index (χ4n) is 2.77. The molecule has 1 aliphatic rings. The van der Waals surface area contributed by atoms with Crippen LogP contribution in [0.15, 0.2) is 30.3 Å². The Kier molecular flexibility index (Phi) is 6.12. The van der Waals surface area contributed by atoms with Crippen LogP contribution in [0.4, 0.5) is 8.78 Å². The SMILES string of the molecule is CCCNC1CCC(OCC(F)(F)c2ccccc2)CC1. The van der Waals surface area contributed by atoms with Crippen LogP contribution in [0.5, 0.6) is 0 Å². The lowest BCUT2D eigenvalue weighted by Gasteiger charge is -2.30. The molecule has 0 spiro atoms. The van der Waals surface area contributed by atoms with Gasteiger partial charge < -0.3 is 10.1 Å². The minimum absolute atomic E-state index is 0.0285. The van der Waals surface area contributed by atoms with E-state index in [2.05, 4.69) is 12.2 Å². The number of rotatable bonds is 7. The van der Waals surface area contributed by atoms with E-state index in [1.54, 1.807) is 18.2 Å². The average Bonchev–Trinajstić information content (AvgIpc) is 2.53. The highest BCUT2D eigenvalue weighted by Gasteiger charge is 2.33. The molecule has 0 radical (unpaired) electrons. The molecule has 0 heterocycles. The summed E-state index contributed by atoms with van der Waals surface area (Å²) < 4.78 is 33.5. The van der Waals surface area contributed by atoms with Gasteiger partial charge in [0, 0.05) is 11.6 Å². The summed E-state index contributed by atoms with van der Waals surface area (Å²) in [4.78, 5) is 0. The van der Waals surface area contributed by atoms with Gasteiger partial charge in [-0.05, 0) is 38.6 Å². The first kappa shape index (κ1) is 16.4. The van der Waals surface area contributed by atoms with Crippen LogP contribution in [0.3, 0.4) is 0 Å². The summed E-state index contributed by atoms with van der Waals surface area (Å²) in [5.41, 5.74) is 0.0308. The first-order valence-electron chi connectivity index (χ1n) is 7.90. The summed E-state index contributed by atoms with van der Waals surface area (Å²) in [6.45, 7) is 2.66. The predicted octanol–water partition coefficient (Wildman–Crippen LogP) is 4.11. The van der Waals surface area contributed by atoms with Gasteiger partial charge in [0.1, 0.15) is 6.61 Å². The Hall–Kier alpha value is -1.00. The van der Waals surface area contributed by atoms with E-state index in [9.17, 15) is 8.78 Å². The van der Waals surface area contributed by atoms with Crippen LogP contribution in [0.25, 0.3) is 0 Å². The van der Waals surface area contributed by atoms with Crippen molar-refractivity contribution in [3.63, 3.8) is 0 Å². The summed E-state index contributed by atoms with van der Waals surface area (Å²) in [5.74, 6) is -2.90. The number of ether oxygens (including phenoxy) is 1. The lowest BCUT2D eigenvalue weighted by molar-refractivity contribution is -0.112. The Morgan fingerprint density at radius 1 is 1.14 bits per heavy atom. The molecule has 0 amide bonds. The zero-order valence-electron chi connectivity index (χ0n) is 12.7. The normalized spacial score (nSPS) is 23.2. The van der Waals surface area contributed by atoms with Crippen LogP contribution in [-0.2, 0) is 10.7 Å². The van der Waals surface area contributed by atoms with Crippen molar-refractivity contribution in [1.82, 2.24) is 5.32 Å². The van der Waals surface area contributed by atoms with Gasteiger partial charge >= 0.3 is 0 Å². The van der Waals surface area contributed by atoms with Gasteiger partial charge in [-0.15, -0.1) is 0 Å². The van der Waals surface area contributed by atoms with E-state index in [0.717, 1.165) is 38.6 Å². The fraction of sp³-hybridized carbons (Fsp3) is 0.647. The topological polar surface area (TPSA) is 21.3 Å². The molecule has 1 fully saturated rings. The van der Waals surface area contributed by atoms with Crippen LogP contribution in [0, 0.1) is 0 Å². The average molecular weight is 297 g/mol. The highest BCUT2D eigenvalue weighted by molar-refractivity contribution is 5.19. The third kappa shape index (κ3) is 5.04. The summed E-state index contributed by atoms with van der Waals surface area (Å²) in [7, 11) is 0. The molecule has 0 saturated heterocycles. The van der Waals surface area contributed by atoms with Crippen molar-refractivity contribution in [2.24, 2.45) is 0 Å². The lowest BCUT2D eigenvalue weighted by atomic mass is 9.93.